The van der Waals surface area contributed by atoms with E-state index in [1.54, 1.807) is 0 Å². The molecule has 1 aliphatic rings. The fourth-order valence-corrected chi connectivity index (χ4v) is 5.47. The Kier molecular flexibility index (Phi) is 7.16. The second kappa shape index (κ2) is 9.80. The van der Waals surface area contributed by atoms with Crippen molar-refractivity contribution in [2.24, 2.45) is 0 Å². The van der Waals surface area contributed by atoms with Gasteiger partial charge in [-0.05, 0) is 48.1 Å². The van der Waals surface area contributed by atoms with Crippen molar-refractivity contribution in [2.75, 3.05) is 0 Å². The molecule has 6 rings (SSSR count). The molecule has 0 aliphatic heterocycles. The zero-order valence-electron chi connectivity index (χ0n) is 22.8. The minimum atomic E-state index is -0.217. The summed E-state index contributed by atoms with van der Waals surface area (Å²) in [5.74, 6) is -0.0625. The molecule has 4 nitrogen and oxygen atoms in total. The summed E-state index contributed by atoms with van der Waals surface area (Å²) in [7, 11) is 0. The average molecular weight is 683 g/mol. The molecule has 38 heavy (non-hydrogen) atoms. The van der Waals surface area contributed by atoms with Crippen molar-refractivity contribution in [3.8, 4) is 11.3 Å². The van der Waals surface area contributed by atoms with Crippen LogP contribution >= 0.6 is 0 Å². The van der Waals surface area contributed by atoms with Gasteiger partial charge in [-0.25, -0.2) is 0 Å². The Morgan fingerprint density at radius 3 is 2.39 bits per heavy atom. The summed E-state index contributed by atoms with van der Waals surface area (Å²) in [5.41, 5.74) is 7.69. The minimum absolute atomic E-state index is 0. The zero-order valence-corrected chi connectivity index (χ0v) is 25.2. The third-order valence-corrected chi connectivity index (χ3v) is 7.17. The molecule has 1 aliphatic carbocycles. The molecule has 5 heteroatoms. The number of hydrogen-bond acceptors (Lipinski definition) is 4. The van der Waals surface area contributed by atoms with Gasteiger partial charge >= 0.3 is 0 Å². The van der Waals surface area contributed by atoms with Crippen LogP contribution in [0, 0.1) is 6.07 Å². The molecule has 0 fully saturated rings. The largest absolute Gasteiger partial charge is 0.512 e. The van der Waals surface area contributed by atoms with Gasteiger partial charge in [0.25, 0.3) is 0 Å². The summed E-state index contributed by atoms with van der Waals surface area (Å²) in [6.45, 7) is 14.3. The fraction of sp³-hybridized carbons (Fsp3) is 0.273. The number of nitrogens with zero attached hydrogens (tertiary/aromatic N) is 1. The molecule has 197 valence electrons. The van der Waals surface area contributed by atoms with Gasteiger partial charge in [-0.1, -0.05) is 81.3 Å². The van der Waals surface area contributed by atoms with Gasteiger partial charge < -0.3 is 14.5 Å². The van der Waals surface area contributed by atoms with Crippen molar-refractivity contribution in [3.63, 3.8) is 0 Å². The van der Waals surface area contributed by atoms with Crippen LogP contribution in [0.3, 0.4) is 0 Å². The minimum Gasteiger partial charge on any atom is -0.512 e. The quantitative estimate of drug-likeness (QED) is 0.109. The maximum Gasteiger partial charge on any atom is 0.155 e. The second-order valence-corrected chi connectivity index (χ2v) is 11.4. The molecule has 0 spiro atoms. The maximum absolute atomic E-state index is 10.0. The van der Waals surface area contributed by atoms with Gasteiger partial charge in [-0.3, -0.25) is 4.79 Å². The van der Waals surface area contributed by atoms with Crippen LogP contribution in [-0.4, -0.2) is 15.9 Å². The van der Waals surface area contributed by atoms with Crippen molar-refractivity contribution in [3.05, 3.63) is 89.3 Å². The summed E-state index contributed by atoms with van der Waals surface area (Å²) < 4.78 is 6.20. The molecular weight excluding hydrogens is 651 g/mol. The van der Waals surface area contributed by atoms with E-state index in [1.807, 2.05) is 12.3 Å². The van der Waals surface area contributed by atoms with E-state index in [1.165, 1.54) is 52.8 Å². The SMILES string of the molecule is CC(=O)/C=C(/C)O.CC(C)(C)c1ccc2c3c([c-]cc2c1)-c1nccc2oc4cccc(c4c12)C3(C)C.[Ir]. The number of ketones is 1. The van der Waals surface area contributed by atoms with Crippen LogP contribution in [0.5, 0.6) is 0 Å². The second-order valence-electron chi connectivity index (χ2n) is 11.4. The van der Waals surface area contributed by atoms with E-state index in [0.29, 0.717) is 0 Å². The van der Waals surface area contributed by atoms with Crippen molar-refractivity contribution in [1.82, 2.24) is 4.98 Å². The van der Waals surface area contributed by atoms with Gasteiger partial charge in [0.05, 0.1) is 5.76 Å². The molecule has 0 saturated carbocycles. The van der Waals surface area contributed by atoms with E-state index < -0.39 is 0 Å². The number of allylic oxidation sites excluding steroid dienone is 2. The van der Waals surface area contributed by atoms with E-state index in [-0.39, 0.29) is 42.5 Å². The first-order chi connectivity index (χ1) is 17.4. The number of aliphatic hydroxyl groups excluding tert-OH is 1. The Morgan fingerprint density at radius 1 is 1.05 bits per heavy atom. The van der Waals surface area contributed by atoms with E-state index in [2.05, 4.69) is 83.1 Å². The summed E-state index contributed by atoms with van der Waals surface area (Å²) in [4.78, 5) is 14.8. The number of carbonyl (C=O) groups is 1. The molecule has 0 bridgehead atoms. The topological polar surface area (TPSA) is 63.3 Å². The first kappa shape index (κ1) is 27.8. The molecule has 1 radical (unpaired) electrons. The smallest absolute Gasteiger partial charge is 0.155 e. The molecule has 0 amide bonds. The normalized spacial score (nSPS) is 14.0. The number of aromatic nitrogens is 1. The van der Waals surface area contributed by atoms with Gasteiger partial charge in [0, 0.05) is 43.2 Å². The number of furan rings is 1. The van der Waals surface area contributed by atoms with Crippen molar-refractivity contribution < 1.29 is 34.4 Å². The maximum atomic E-state index is 10.0. The standard InChI is InChI=1S/C28H24NO.C5H8O2.Ir/c1-27(2,3)17-10-12-18-16(15-17)9-11-19-25(18)28(4,5)20-7-6-8-21-23(20)24-22(30-21)13-14-29-26(19)24;1-4(6)3-5(2)7;/h6-10,12-15H,1-5H3;3,6H,1-2H3;/q-1;;/b;4-3-;. The van der Waals surface area contributed by atoms with E-state index >= 15 is 0 Å². The Hall–Kier alpha value is -3.27. The first-order valence-corrected chi connectivity index (χ1v) is 12.6. The van der Waals surface area contributed by atoms with Gasteiger partial charge in [-0.15, -0.1) is 23.3 Å². The third-order valence-electron chi connectivity index (χ3n) is 7.17. The van der Waals surface area contributed by atoms with Gasteiger partial charge in [0.2, 0.25) is 0 Å². The van der Waals surface area contributed by atoms with Gasteiger partial charge in [0.15, 0.2) is 5.78 Å². The van der Waals surface area contributed by atoms with Crippen molar-refractivity contribution in [2.45, 2.75) is 59.3 Å². The summed E-state index contributed by atoms with van der Waals surface area (Å²) in [5, 5.41) is 13.2. The Balaban J connectivity index is 0.000000375. The molecule has 5 aromatic rings. The molecule has 2 aromatic heterocycles. The monoisotopic (exact) mass is 683 g/mol. The summed E-state index contributed by atoms with van der Waals surface area (Å²) in [6.07, 6.45) is 3.02. The zero-order chi connectivity index (χ0) is 26.7. The number of hydrogen-bond donors (Lipinski definition) is 1. The Bertz CT molecular complexity index is 1730. The third kappa shape index (κ3) is 4.59. The van der Waals surface area contributed by atoms with E-state index in [4.69, 9.17) is 14.5 Å². The number of rotatable bonds is 1. The van der Waals surface area contributed by atoms with Gasteiger partial charge in [0.1, 0.15) is 11.2 Å². The van der Waals surface area contributed by atoms with Crippen LogP contribution in [0.4, 0.5) is 0 Å². The average Bonchev–Trinajstić information content (AvgIpc) is 3.16. The molecule has 1 N–H and O–H groups in total. The number of aliphatic hydroxyl groups is 1. The van der Waals surface area contributed by atoms with Crippen LogP contribution < -0.4 is 0 Å². The molecular formula is C33H32IrNO3-. The van der Waals surface area contributed by atoms with Crippen LogP contribution in [0.25, 0.3) is 44.0 Å². The fourth-order valence-electron chi connectivity index (χ4n) is 5.47. The molecule has 0 atom stereocenters. The number of fused-ring (bicyclic) bond motifs is 4. The molecule has 0 unspecified atom stereocenters. The number of pyridine rings is 1. The van der Waals surface area contributed by atoms with Gasteiger partial charge in [-0.2, -0.15) is 0 Å². The molecule has 0 saturated heterocycles. The van der Waals surface area contributed by atoms with Crippen LogP contribution in [-0.2, 0) is 35.7 Å². The van der Waals surface area contributed by atoms with Crippen LogP contribution in [0.2, 0.25) is 0 Å². The molecule has 2 heterocycles. The van der Waals surface area contributed by atoms with E-state index in [0.717, 1.165) is 27.8 Å². The van der Waals surface area contributed by atoms with Crippen LogP contribution in [0.15, 0.2) is 71.0 Å². The first-order valence-electron chi connectivity index (χ1n) is 12.6. The van der Waals surface area contributed by atoms with Crippen molar-refractivity contribution >= 4 is 38.5 Å². The van der Waals surface area contributed by atoms with E-state index in [9.17, 15) is 4.79 Å². The Morgan fingerprint density at radius 2 is 1.76 bits per heavy atom. The van der Waals surface area contributed by atoms with Crippen molar-refractivity contribution in [1.29, 1.82) is 0 Å². The number of carbonyl (C=O) groups excluding carboxylic acids is 1. The van der Waals surface area contributed by atoms with Crippen LogP contribution in [0.1, 0.15) is 65.2 Å². The predicted molar refractivity (Wildman–Crippen MR) is 151 cm³/mol. The molecule has 3 aromatic carbocycles. The summed E-state index contributed by atoms with van der Waals surface area (Å²) >= 11 is 0. The Labute approximate surface area is 237 Å². The number of benzene rings is 3. The summed E-state index contributed by atoms with van der Waals surface area (Å²) in [6, 6.07) is 21.0. The predicted octanol–water partition coefficient (Wildman–Crippen LogP) is 8.57.